The molecule has 1 heterocycles. The third-order valence-corrected chi connectivity index (χ3v) is 1.60. The Balaban J connectivity index is 2.80. The standard InChI is InChI=1S/C9H11BrN2O2/c1-9(2,3)14-8(13)6-4-11-5-7(10)12-6/h4-5H,1-3H3. The first-order chi connectivity index (χ1) is 6.38. The fourth-order valence-electron chi connectivity index (χ4n) is 0.771. The van der Waals surface area contributed by atoms with Gasteiger partial charge in [0.2, 0.25) is 0 Å². The number of carbonyl (C=O) groups excluding carboxylic acids is 1. The van der Waals surface area contributed by atoms with Gasteiger partial charge in [-0.15, -0.1) is 0 Å². The van der Waals surface area contributed by atoms with Crippen LogP contribution in [0.25, 0.3) is 0 Å². The van der Waals surface area contributed by atoms with Gasteiger partial charge in [0.1, 0.15) is 10.2 Å². The molecule has 0 unspecified atom stereocenters. The van der Waals surface area contributed by atoms with E-state index in [0.29, 0.717) is 4.60 Å². The number of aromatic nitrogens is 2. The molecule has 0 radical (unpaired) electrons. The predicted molar refractivity (Wildman–Crippen MR) is 54.9 cm³/mol. The average Bonchev–Trinajstić information content (AvgIpc) is 2.01. The molecule has 1 aromatic rings. The van der Waals surface area contributed by atoms with Crippen LogP contribution in [0.15, 0.2) is 17.0 Å². The van der Waals surface area contributed by atoms with E-state index in [2.05, 4.69) is 25.9 Å². The Labute approximate surface area is 90.8 Å². The molecule has 76 valence electrons. The second-order valence-electron chi connectivity index (χ2n) is 3.73. The molecule has 0 amide bonds. The maximum absolute atomic E-state index is 11.5. The van der Waals surface area contributed by atoms with Crippen molar-refractivity contribution in [1.29, 1.82) is 0 Å². The van der Waals surface area contributed by atoms with Crippen molar-refractivity contribution < 1.29 is 9.53 Å². The van der Waals surface area contributed by atoms with E-state index in [0.717, 1.165) is 0 Å². The molecule has 0 saturated heterocycles. The smallest absolute Gasteiger partial charge is 0.359 e. The summed E-state index contributed by atoms with van der Waals surface area (Å²) < 4.78 is 5.63. The number of esters is 1. The third kappa shape index (κ3) is 3.41. The first kappa shape index (κ1) is 11.1. The molecular formula is C9H11BrN2O2. The van der Waals surface area contributed by atoms with Crippen LogP contribution in [0.4, 0.5) is 0 Å². The van der Waals surface area contributed by atoms with E-state index in [1.165, 1.54) is 12.4 Å². The maximum Gasteiger partial charge on any atom is 0.359 e. The molecule has 0 bridgehead atoms. The Morgan fingerprint density at radius 3 is 2.57 bits per heavy atom. The van der Waals surface area contributed by atoms with Gasteiger partial charge >= 0.3 is 5.97 Å². The summed E-state index contributed by atoms with van der Waals surface area (Å²) >= 11 is 3.13. The van der Waals surface area contributed by atoms with Crippen LogP contribution in [0.2, 0.25) is 0 Å². The number of rotatable bonds is 1. The third-order valence-electron chi connectivity index (χ3n) is 1.21. The molecule has 0 aromatic carbocycles. The Bertz CT molecular complexity index is 347. The lowest BCUT2D eigenvalue weighted by Crippen LogP contribution is -2.24. The van der Waals surface area contributed by atoms with Crippen molar-refractivity contribution >= 4 is 21.9 Å². The lowest BCUT2D eigenvalue weighted by atomic mass is 10.2. The monoisotopic (exact) mass is 258 g/mol. The molecule has 5 heteroatoms. The molecule has 0 N–H and O–H groups in total. The lowest BCUT2D eigenvalue weighted by Gasteiger charge is -2.18. The largest absolute Gasteiger partial charge is 0.455 e. The summed E-state index contributed by atoms with van der Waals surface area (Å²) in [6.45, 7) is 5.41. The van der Waals surface area contributed by atoms with Crippen LogP contribution < -0.4 is 0 Å². The van der Waals surface area contributed by atoms with E-state index < -0.39 is 11.6 Å². The summed E-state index contributed by atoms with van der Waals surface area (Å²) in [5.74, 6) is -0.466. The summed E-state index contributed by atoms with van der Waals surface area (Å²) in [6, 6.07) is 0. The van der Waals surface area contributed by atoms with Gasteiger partial charge < -0.3 is 4.74 Å². The molecule has 4 nitrogen and oxygen atoms in total. The van der Waals surface area contributed by atoms with Crippen molar-refractivity contribution in [2.45, 2.75) is 26.4 Å². The van der Waals surface area contributed by atoms with Gasteiger partial charge in [-0.25, -0.2) is 9.78 Å². The molecule has 14 heavy (non-hydrogen) atoms. The van der Waals surface area contributed by atoms with E-state index in [1.54, 1.807) is 20.8 Å². The quantitative estimate of drug-likeness (QED) is 0.725. The van der Waals surface area contributed by atoms with Gasteiger partial charge in [-0.2, -0.15) is 0 Å². The van der Waals surface area contributed by atoms with Gasteiger partial charge in [0.25, 0.3) is 0 Å². The van der Waals surface area contributed by atoms with Gasteiger partial charge in [0.15, 0.2) is 5.69 Å². The molecule has 0 aliphatic carbocycles. The SMILES string of the molecule is CC(C)(C)OC(=O)c1cncc(Br)n1. The zero-order valence-corrected chi connectivity index (χ0v) is 9.83. The lowest BCUT2D eigenvalue weighted by molar-refractivity contribution is 0.00621. The van der Waals surface area contributed by atoms with E-state index in [4.69, 9.17) is 4.74 Å². The predicted octanol–water partition coefficient (Wildman–Crippen LogP) is 2.19. The highest BCUT2D eigenvalue weighted by Gasteiger charge is 2.19. The van der Waals surface area contributed by atoms with Crippen LogP contribution in [0.3, 0.4) is 0 Å². The van der Waals surface area contributed by atoms with Crippen molar-refractivity contribution in [2.75, 3.05) is 0 Å². The highest BCUT2D eigenvalue weighted by Crippen LogP contribution is 2.11. The van der Waals surface area contributed by atoms with Crippen molar-refractivity contribution in [3.05, 3.63) is 22.7 Å². The summed E-state index contributed by atoms with van der Waals surface area (Å²) in [5.41, 5.74) is -0.310. The van der Waals surface area contributed by atoms with E-state index in [-0.39, 0.29) is 5.69 Å². The second kappa shape index (κ2) is 4.04. The first-order valence-electron chi connectivity index (χ1n) is 4.09. The Kier molecular flexibility index (Phi) is 3.21. The fourth-order valence-corrected chi connectivity index (χ4v) is 1.08. The highest BCUT2D eigenvalue weighted by molar-refractivity contribution is 9.10. The summed E-state index contributed by atoms with van der Waals surface area (Å²) in [6.07, 6.45) is 2.88. The van der Waals surface area contributed by atoms with E-state index >= 15 is 0 Å². The fraction of sp³-hybridized carbons (Fsp3) is 0.444. The van der Waals surface area contributed by atoms with Crippen LogP contribution in [-0.4, -0.2) is 21.5 Å². The summed E-state index contributed by atoms with van der Waals surface area (Å²) in [4.78, 5) is 19.2. The van der Waals surface area contributed by atoms with Crippen LogP contribution in [-0.2, 0) is 4.74 Å². The Morgan fingerprint density at radius 1 is 1.43 bits per heavy atom. The van der Waals surface area contributed by atoms with Crippen molar-refractivity contribution in [3.63, 3.8) is 0 Å². The number of carbonyl (C=O) groups is 1. The minimum Gasteiger partial charge on any atom is -0.455 e. The topological polar surface area (TPSA) is 52.1 Å². The average molecular weight is 259 g/mol. The van der Waals surface area contributed by atoms with Crippen LogP contribution in [0.5, 0.6) is 0 Å². The van der Waals surface area contributed by atoms with E-state index in [1.807, 2.05) is 0 Å². The first-order valence-corrected chi connectivity index (χ1v) is 4.89. The Morgan fingerprint density at radius 2 is 2.07 bits per heavy atom. The van der Waals surface area contributed by atoms with E-state index in [9.17, 15) is 4.79 Å². The normalized spacial score (nSPS) is 11.1. The molecule has 0 saturated carbocycles. The van der Waals surface area contributed by atoms with Crippen molar-refractivity contribution in [1.82, 2.24) is 9.97 Å². The molecule has 0 aliphatic rings. The van der Waals surface area contributed by atoms with Gasteiger partial charge in [0, 0.05) is 0 Å². The van der Waals surface area contributed by atoms with Gasteiger partial charge in [-0.1, -0.05) is 0 Å². The highest BCUT2D eigenvalue weighted by atomic mass is 79.9. The molecular weight excluding hydrogens is 248 g/mol. The molecule has 1 rings (SSSR count). The summed E-state index contributed by atoms with van der Waals surface area (Å²) in [5, 5.41) is 0. The number of hydrogen-bond acceptors (Lipinski definition) is 4. The molecule has 1 aromatic heterocycles. The Hall–Kier alpha value is -0.970. The minimum atomic E-state index is -0.513. The van der Waals surface area contributed by atoms with Crippen molar-refractivity contribution in [3.8, 4) is 0 Å². The van der Waals surface area contributed by atoms with Crippen LogP contribution in [0, 0.1) is 0 Å². The zero-order valence-electron chi connectivity index (χ0n) is 8.24. The van der Waals surface area contributed by atoms with Crippen molar-refractivity contribution in [2.24, 2.45) is 0 Å². The van der Waals surface area contributed by atoms with Gasteiger partial charge in [-0.3, -0.25) is 4.98 Å². The van der Waals surface area contributed by atoms with Gasteiger partial charge in [0.05, 0.1) is 12.4 Å². The number of ether oxygens (including phenoxy) is 1. The maximum atomic E-state index is 11.5. The van der Waals surface area contributed by atoms with Crippen LogP contribution in [0.1, 0.15) is 31.3 Å². The molecule has 0 aliphatic heterocycles. The molecule has 0 fully saturated rings. The number of halogens is 1. The zero-order chi connectivity index (χ0) is 10.8. The summed E-state index contributed by atoms with van der Waals surface area (Å²) in [7, 11) is 0. The minimum absolute atomic E-state index is 0.203. The molecule has 0 spiro atoms. The molecule has 0 atom stereocenters. The van der Waals surface area contributed by atoms with Crippen LogP contribution >= 0.6 is 15.9 Å². The number of nitrogens with zero attached hydrogens (tertiary/aromatic N) is 2. The second-order valence-corrected chi connectivity index (χ2v) is 4.54. The van der Waals surface area contributed by atoms with Gasteiger partial charge in [-0.05, 0) is 36.7 Å². The number of hydrogen-bond donors (Lipinski definition) is 0.